The number of amides is 1. The van der Waals surface area contributed by atoms with Crippen LogP contribution in [0.1, 0.15) is 5.56 Å². The zero-order valence-corrected chi connectivity index (χ0v) is 16.9. The van der Waals surface area contributed by atoms with Crippen LogP contribution in [0.3, 0.4) is 0 Å². The van der Waals surface area contributed by atoms with Crippen LogP contribution in [0, 0.1) is 6.92 Å². The molecule has 1 heterocycles. The monoisotopic (exact) mass is 366 g/mol. The maximum Gasteiger partial charge on any atom is 0.242 e. The molecule has 0 bridgehead atoms. The average molecular weight is 367 g/mol. The number of carbonyl (C=O) groups is 1. The summed E-state index contributed by atoms with van der Waals surface area (Å²) in [6.07, 6.45) is 0. The highest BCUT2D eigenvalue weighted by Gasteiger charge is 2.23. The van der Waals surface area contributed by atoms with Gasteiger partial charge in [0.1, 0.15) is 0 Å². The molecule has 144 valence electrons. The van der Waals surface area contributed by atoms with Crippen molar-refractivity contribution in [1.82, 2.24) is 4.90 Å². The fraction of sp³-hybridized carbons (Fsp3) is 0.409. The molecule has 1 aliphatic heterocycles. The summed E-state index contributed by atoms with van der Waals surface area (Å²) in [6, 6.07) is 16.8. The molecule has 5 heteroatoms. The van der Waals surface area contributed by atoms with Crippen molar-refractivity contribution in [2.24, 2.45) is 0 Å². The van der Waals surface area contributed by atoms with Crippen molar-refractivity contribution in [3.8, 4) is 0 Å². The van der Waals surface area contributed by atoms with Gasteiger partial charge in [0.25, 0.3) is 0 Å². The topological polar surface area (TPSA) is 30.0 Å². The van der Waals surface area contributed by atoms with Crippen LogP contribution in [-0.2, 0) is 4.79 Å². The van der Waals surface area contributed by atoms with Crippen molar-refractivity contribution in [1.29, 1.82) is 0 Å². The highest BCUT2D eigenvalue weighted by molar-refractivity contribution is 5.83. The normalized spacial score (nSPS) is 14.2. The zero-order valence-electron chi connectivity index (χ0n) is 16.9. The van der Waals surface area contributed by atoms with Gasteiger partial charge in [0.2, 0.25) is 5.91 Å². The number of carbonyl (C=O) groups excluding carboxylic acids is 1. The van der Waals surface area contributed by atoms with Gasteiger partial charge < -0.3 is 19.6 Å². The third kappa shape index (κ3) is 4.54. The fourth-order valence-electron chi connectivity index (χ4n) is 3.59. The summed E-state index contributed by atoms with van der Waals surface area (Å²) in [7, 11) is 6.04. The van der Waals surface area contributed by atoms with E-state index >= 15 is 0 Å². The predicted molar refractivity (Wildman–Crippen MR) is 114 cm³/mol. The molecule has 27 heavy (non-hydrogen) atoms. The van der Waals surface area contributed by atoms with Crippen LogP contribution < -0.4 is 14.7 Å². The Bertz CT molecular complexity index is 781. The number of piperazine rings is 1. The molecule has 0 N–H and O–H groups in total. The molecule has 2 aromatic rings. The lowest BCUT2D eigenvalue weighted by atomic mass is 10.2. The number of anilines is 3. The van der Waals surface area contributed by atoms with E-state index < -0.39 is 0 Å². The van der Waals surface area contributed by atoms with Crippen molar-refractivity contribution < 1.29 is 4.79 Å². The van der Waals surface area contributed by atoms with Crippen molar-refractivity contribution in [3.05, 3.63) is 54.1 Å². The second-order valence-electron chi connectivity index (χ2n) is 7.45. The summed E-state index contributed by atoms with van der Waals surface area (Å²) in [5.74, 6) is 0.190. The van der Waals surface area contributed by atoms with E-state index in [1.807, 2.05) is 43.1 Å². The van der Waals surface area contributed by atoms with Gasteiger partial charge in [-0.15, -0.1) is 0 Å². The van der Waals surface area contributed by atoms with E-state index in [-0.39, 0.29) is 5.91 Å². The third-order valence-electron chi connectivity index (χ3n) is 5.15. The molecule has 0 radical (unpaired) electrons. The minimum atomic E-state index is 0.190. The molecule has 1 amide bonds. The van der Waals surface area contributed by atoms with Crippen molar-refractivity contribution in [2.45, 2.75) is 6.92 Å². The smallest absolute Gasteiger partial charge is 0.242 e. The second kappa shape index (κ2) is 8.33. The third-order valence-corrected chi connectivity index (χ3v) is 5.15. The first-order valence-corrected chi connectivity index (χ1v) is 9.52. The fourth-order valence-corrected chi connectivity index (χ4v) is 3.59. The lowest BCUT2D eigenvalue weighted by Gasteiger charge is -2.37. The van der Waals surface area contributed by atoms with E-state index in [0.717, 1.165) is 37.6 Å². The average Bonchev–Trinajstić information content (AvgIpc) is 2.68. The molecule has 1 saturated heterocycles. The first-order valence-electron chi connectivity index (χ1n) is 9.52. The Kier molecular flexibility index (Phi) is 5.89. The Morgan fingerprint density at radius 3 is 2.22 bits per heavy atom. The molecule has 1 aliphatic rings. The van der Waals surface area contributed by atoms with Gasteiger partial charge in [0, 0.05) is 53.0 Å². The number of hydrogen-bond acceptors (Lipinski definition) is 4. The number of rotatable bonds is 5. The van der Waals surface area contributed by atoms with Gasteiger partial charge in [-0.05, 0) is 36.8 Å². The van der Waals surface area contributed by atoms with Gasteiger partial charge in [-0.3, -0.25) is 4.79 Å². The molecule has 0 aromatic heterocycles. The van der Waals surface area contributed by atoms with Crippen molar-refractivity contribution in [3.63, 3.8) is 0 Å². The molecule has 0 unspecified atom stereocenters. The van der Waals surface area contributed by atoms with Crippen LogP contribution >= 0.6 is 0 Å². The van der Waals surface area contributed by atoms with E-state index in [1.54, 1.807) is 0 Å². The Balaban J connectivity index is 1.58. The maximum atomic E-state index is 12.8. The highest BCUT2D eigenvalue weighted by Crippen LogP contribution is 2.26. The number of nitrogens with zero attached hydrogens (tertiary/aromatic N) is 4. The number of aryl methyl sites for hydroxylation is 1. The van der Waals surface area contributed by atoms with Gasteiger partial charge in [0.05, 0.1) is 17.9 Å². The molecule has 2 aromatic carbocycles. The SMILES string of the molecule is Cc1cccc(N2CCN(C(=O)CN(C)c3ccccc3N(C)C)CC2)c1. The van der Waals surface area contributed by atoms with Crippen molar-refractivity contribution in [2.75, 3.05) is 68.6 Å². The van der Waals surface area contributed by atoms with E-state index in [4.69, 9.17) is 0 Å². The highest BCUT2D eigenvalue weighted by atomic mass is 16.2. The number of para-hydroxylation sites is 2. The molecular formula is C22H30N4O. The standard InChI is InChI=1S/C22H30N4O/c1-18-8-7-9-19(16-18)25-12-14-26(15-13-25)22(27)17-24(4)21-11-6-5-10-20(21)23(2)3/h5-11,16H,12-15,17H2,1-4H3. The first-order chi connectivity index (χ1) is 13.0. The van der Waals surface area contributed by atoms with Gasteiger partial charge in [-0.2, -0.15) is 0 Å². The van der Waals surface area contributed by atoms with E-state index in [9.17, 15) is 4.79 Å². The van der Waals surface area contributed by atoms with Crippen LogP contribution in [-0.4, -0.2) is 64.7 Å². The van der Waals surface area contributed by atoms with E-state index in [2.05, 4.69) is 53.1 Å². The van der Waals surface area contributed by atoms with Crippen LogP contribution in [0.2, 0.25) is 0 Å². The Hall–Kier alpha value is -2.69. The van der Waals surface area contributed by atoms with Crippen LogP contribution in [0.5, 0.6) is 0 Å². The largest absolute Gasteiger partial charge is 0.376 e. The first kappa shape index (κ1) is 19.1. The Labute approximate surface area is 162 Å². The minimum Gasteiger partial charge on any atom is -0.376 e. The lowest BCUT2D eigenvalue weighted by Crippen LogP contribution is -2.51. The molecular weight excluding hydrogens is 336 g/mol. The van der Waals surface area contributed by atoms with Gasteiger partial charge >= 0.3 is 0 Å². The molecule has 5 nitrogen and oxygen atoms in total. The second-order valence-corrected chi connectivity index (χ2v) is 7.45. The summed E-state index contributed by atoms with van der Waals surface area (Å²) in [5, 5.41) is 0. The summed E-state index contributed by atoms with van der Waals surface area (Å²) >= 11 is 0. The minimum absolute atomic E-state index is 0.190. The quantitative estimate of drug-likeness (QED) is 0.814. The summed E-state index contributed by atoms with van der Waals surface area (Å²) in [4.78, 5) is 21.3. The molecule has 3 rings (SSSR count). The van der Waals surface area contributed by atoms with Crippen LogP contribution in [0.25, 0.3) is 0 Å². The molecule has 1 fully saturated rings. The summed E-state index contributed by atoms with van der Waals surface area (Å²) in [5.41, 5.74) is 4.72. The number of likely N-dealkylation sites (N-methyl/N-ethyl adjacent to an activating group) is 1. The zero-order chi connectivity index (χ0) is 19.4. The van der Waals surface area contributed by atoms with Crippen molar-refractivity contribution >= 4 is 23.0 Å². The van der Waals surface area contributed by atoms with Crippen LogP contribution in [0.15, 0.2) is 48.5 Å². The van der Waals surface area contributed by atoms with Crippen LogP contribution in [0.4, 0.5) is 17.1 Å². The lowest BCUT2D eigenvalue weighted by molar-refractivity contribution is -0.129. The maximum absolute atomic E-state index is 12.8. The van der Waals surface area contributed by atoms with Gasteiger partial charge in [-0.1, -0.05) is 24.3 Å². The summed E-state index contributed by atoms with van der Waals surface area (Å²) < 4.78 is 0. The number of benzene rings is 2. The number of hydrogen-bond donors (Lipinski definition) is 0. The molecule has 0 aliphatic carbocycles. The van der Waals surface area contributed by atoms with E-state index in [0.29, 0.717) is 6.54 Å². The van der Waals surface area contributed by atoms with Gasteiger partial charge in [-0.25, -0.2) is 0 Å². The van der Waals surface area contributed by atoms with Gasteiger partial charge in [0.15, 0.2) is 0 Å². The summed E-state index contributed by atoms with van der Waals surface area (Å²) in [6.45, 7) is 5.83. The molecule has 0 atom stereocenters. The molecule has 0 saturated carbocycles. The van der Waals surface area contributed by atoms with E-state index in [1.165, 1.54) is 11.3 Å². The Morgan fingerprint density at radius 2 is 1.59 bits per heavy atom. The molecule has 0 spiro atoms. The predicted octanol–water partition coefficient (Wildman–Crippen LogP) is 2.85. The Morgan fingerprint density at radius 1 is 0.926 bits per heavy atom.